The molecule has 134 valence electrons. The van der Waals surface area contributed by atoms with Gasteiger partial charge in [0.1, 0.15) is 11.5 Å². The van der Waals surface area contributed by atoms with Gasteiger partial charge in [-0.1, -0.05) is 21.1 Å². The number of nitrogens with one attached hydrogen (secondary N) is 1. The van der Waals surface area contributed by atoms with E-state index in [0.29, 0.717) is 11.6 Å². The number of hydrogen-bond acceptors (Lipinski definition) is 4. The Morgan fingerprint density at radius 2 is 2.00 bits per heavy atom. The summed E-state index contributed by atoms with van der Waals surface area (Å²) in [5, 5.41) is 11.4. The molecule has 0 aliphatic heterocycles. The summed E-state index contributed by atoms with van der Waals surface area (Å²) >= 11 is 3.44. The van der Waals surface area contributed by atoms with Crippen LogP contribution < -0.4 is 5.32 Å². The van der Waals surface area contributed by atoms with Crippen molar-refractivity contribution in [1.82, 2.24) is 20.3 Å². The molecule has 2 heterocycles. The minimum absolute atomic E-state index is 0.225. The van der Waals surface area contributed by atoms with E-state index in [1.54, 1.807) is 4.68 Å². The van der Waals surface area contributed by atoms with E-state index in [9.17, 15) is 4.79 Å². The highest BCUT2D eigenvalue weighted by Crippen LogP contribution is 2.42. The summed E-state index contributed by atoms with van der Waals surface area (Å²) in [6, 6.07) is 11.4. The van der Waals surface area contributed by atoms with Crippen LogP contribution in [0.3, 0.4) is 0 Å². The van der Waals surface area contributed by atoms with Crippen molar-refractivity contribution in [3.05, 3.63) is 63.8 Å². The highest BCUT2D eigenvalue weighted by molar-refractivity contribution is 9.10. The summed E-state index contributed by atoms with van der Waals surface area (Å²) in [5.74, 6) is 1.65. The molecule has 2 aromatic heterocycles. The van der Waals surface area contributed by atoms with Gasteiger partial charge >= 0.3 is 0 Å². The standard InChI is InChI=1S/C19H19BrN4O2/c1-11-3-10-16(26-11)12(2)21-19(25)17-18(13-4-5-13)24(23-22-17)15-8-6-14(20)7-9-15/h3,6-10,12-13H,4-5H2,1-2H3,(H,21,25). The molecule has 1 N–H and O–H groups in total. The highest BCUT2D eigenvalue weighted by atomic mass is 79.9. The van der Waals surface area contributed by atoms with Gasteiger partial charge in [0, 0.05) is 10.4 Å². The number of furan rings is 1. The molecule has 3 aromatic rings. The summed E-state index contributed by atoms with van der Waals surface area (Å²) in [6.07, 6.45) is 2.11. The topological polar surface area (TPSA) is 73.0 Å². The zero-order valence-electron chi connectivity index (χ0n) is 14.6. The van der Waals surface area contributed by atoms with Crippen LogP contribution in [0, 0.1) is 6.92 Å². The Labute approximate surface area is 159 Å². The average molecular weight is 415 g/mol. The van der Waals surface area contributed by atoms with Crippen LogP contribution in [0.4, 0.5) is 0 Å². The van der Waals surface area contributed by atoms with Crippen LogP contribution in [0.2, 0.25) is 0 Å². The van der Waals surface area contributed by atoms with E-state index in [4.69, 9.17) is 4.42 Å². The predicted molar refractivity (Wildman–Crippen MR) is 100 cm³/mol. The lowest BCUT2D eigenvalue weighted by Crippen LogP contribution is -2.27. The van der Waals surface area contributed by atoms with Gasteiger partial charge in [-0.3, -0.25) is 4.79 Å². The van der Waals surface area contributed by atoms with Gasteiger partial charge in [0.15, 0.2) is 5.69 Å². The molecule has 1 saturated carbocycles. The van der Waals surface area contributed by atoms with E-state index < -0.39 is 0 Å². The second-order valence-corrected chi connectivity index (χ2v) is 7.55. The summed E-state index contributed by atoms with van der Waals surface area (Å²) in [7, 11) is 0. The second kappa shape index (κ2) is 6.72. The fraction of sp³-hybridized carbons (Fsp3) is 0.316. The fourth-order valence-corrected chi connectivity index (χ4v) is 3.23. The van der Waals surface area contributed by atoms with Gasteiger partial charge < -0.3 is 9.73 Å². The fourth-order valence-electron chi connectivity index (χ4n) is 2.97. The van der Waals surface area contributed by atoms with Gasteiger partial charge in [0.2, 0.25) is 0 Å². The molecular formula is C19H19BrN4O2. The Bertz CT molecular complexity index is 941. The van der Waals surface area contributed by atoms with Crippen molar-refractivity contribution in [3.63, 3.8) is 0 Å². The number of benzene rings is 1. The number of aryl methyl sites for hydroxylation is 1. The Balaban J connectivity index is 1.62. The molecule has 4 rings (SSSR count). The largest absolute Gasteiger partial charge is 0.464 e. The Morgan fingerprint density at radius 3 is 2.62 bits per heavy atom. The maximum Gasteiger partial charge on any atom is 0.274 e. The molecule has 1 atom stereocenters. The number of amides is 1. The minimum atomic E-state index is -0.235. The van der Waals surface area contributed by atoms with Gasteiger partial charge in [-0.15, -0.1) is 5.10 Å². The number of rotatable bonds is 5. The smallest absolute Gasteiger partial charge is 0.274 e. The van der Waals surface area contributed by atoms with Gasteiger partial charge in [0.05, 0.1) is 17.4 Å². The number of aromatic nitrogens is 3. The van der Waals surface area contributed by atoms with E-state index >= 15 is 0 Å². The van der Waals surface area contributed by atoms with E-state index in [1.165, 1.54) is 0 Å². The monoisotopic (exact) mass is 414 g/mol. The van der Waals surface area contributed by atoms with Crippen LogP contribution in [0.1, 0.15) is 59.4 Å². The first-order valence-corrected chi connectivity index (χ1v) is 9.41. The Hall–Kier alpha value is -2.41. The van der Waals surface area contributed by atoms with Crippen molar-refractivity contribution in [2.45, 2.75) is 38.6 Å². The van der Waals surface area contributed by atoms with Crippen LogP contribution in [0.5, 0.6) is 0 Å². The van der Waals surface area contributed by atoms with Crippen molar-refractivity contribution in [2.75, 3.05) is 0 Å². The normalized spacial score (nSPS) is 15.0. The van der Waals surface area contributed by atoms with Crippen molar-refractivity contribution < 1.29 is 9.21 Å². The number of halogens is 1. The molecule has 6 nitrogen and oxygen atoms in total. The molecule has 1 amide bonds. The molecule has 0 radical (unpaired) electrons. The molecule has 1 aromatic carbocycles. The van der Waals surface area contributed by atoms with Crippen molar-refractivity contribution in [1.29, 1.82) is 0 Å². The zero-order valence-corrected chi connectivity index (χ0v) is 16.2. The Kier molecular flexibility index (Phi) is 4.40. The van der Waals surface area contributed by atoms with E-state index in [1.807, 2.05) is 50.2 Å². The third-order valence-corrected chi connectivity index (χ3v) is 5.02. The van der Waals surface area contributed by atoms with E-state index in [-0.39, 0.29) is 11.9 Å². The maximum atomic E-state index is 12.8. The van der Waals surface area contributed by atoms with Crippen molar-refractivity contribution >= 4 is 21.8 Å². The molecular weight excluding hydrogens is 396 g/mol. The van der Waals surface area contributed by atoms with Crippen molar-refractivity contribution in [2.24, 2.45) is 0 Å². The molecule has 7 heteroatoms. The Morgan fingerprint density at radius 1 is 1.27 bits per heavy atom. The molecule has 0 saturated heterocycles. The first-order valence-electron chi connectivity index (χ1n) is 8.61. The van der Waals surface area contributed by atoms with Crippen molar-refractivity contribution in [3.8, 4) is 5.69 Å². The van der Waals surface area contributed by atoms with Crippen LogP contribution in [-0.2, 0) is 0 Å². The van der Waals surface area contributed by atoms with Gasteiger partial charge in [-0.25, -0.2) is 4.68 Å². The van der Waals surface area contributed by atoms with Gasteiger partial charge in [0.25, 0.3) is 5.91 Å². The summed E-state index contributed by atoms with van der Waals surface area (Å²) in [5.41, 5.74) is 2.18. The molecule has 1 aliphatic rings. The van der Waals surface area contributed by atoms with E-state index in [2.05, 4.69) is 31.6 Å². The summed E-state index contributed by atoms with van der Waals surface area (Å²) < 4.78 is 8.37. The van der Waals surface area contributed by atoms with Crippen LogP contribution in [0.25, 0.3) is 5.69 Å². The molecule has 0 spiro atoms. The molecule has 26 heavy (non-hydrogen) atoms. The second-order valence-electron chi connectivity index (χ2n) is 6.63. The predicted octanol–water partition coefficient (Wildman–Crippen LogP) is 4.30. The number of carbonyl (C=O) groups excluding carboxylic acids is 1. The molecule has 1 unspecified atom stereocenters. The quantitative estimate of drug-likeness (QED) is 0.675. The van der Waals surface area contributed by atoms with Crippen LogP contribution >= 0.6 is 15.9 Å². The summed E-state index contributed by atoms with van der Waals surface area (Å²) in [6.45, 7) is 3.78. The van der Waals surface area contributed by atoms with E-state index in [0.717, 1.165) is 40.2 Å². The number of carbonyl (C=O) groups is 1. The summed E-state index contributed by atoms with van der Waals surface area (Å²) in [4.78, 5) is 12.8. The maximum absolute atomic E-state index is 12.8. The first kappa shape index (κ1) is 17.0. The molecule has 0 bridgehead atoms. The lowest BCUT2D eigenvalue weighted by atomic mass is 10.2. The number of nitrogens with zero attached hydrogens (tertiary/aromatic N) is 3. The third-order valence-electron chi connectivity index (χ3n) is 4.49. The van der Waals surface area contributed by atoms with Gasteiger partial charge in [-0.2, -0.15) is 0 Å². The lowest BCUT2D eigenvalue weighted by molar-refractivity contribution is 0.0929. The SMILES string of the molecule is Cc1ccc(C(C)NC(=O)c2nnn(-c3ccc(Br)cc3)c2C2CC2)o1. The number of hydrogen-bond donors (Lipinski definition) is 1. The average Bonchev–Trinajstić information content (AvgIpc) is 3.20. The molecule has 1 aliphatic carbocycles. The zero-order chi connectivity index (χ0) is 18.3. The molecule has 1 fully saturated rings. The minimum Gasteiger partial charge on any atom is -0.464 e. The third kappa shape index (κ3) is 3.31. The van der Waals surface area contributed by atoms with Crippen LogP contribution in [0.15, 0.2) is 45.3 Å². The first-order chi connectivity index (χ1) is 12.5. The lowest BCUT2D eigenvalue weighted by Gasteiger charge is -2.11. The van der Waals surface area contributed by atoms with Crippen LogP contribution in [-0.4, -0.2) is 20.9 Å². The van der Waals surface area contributed by atoms with Gasteiger partial charge in [-0.05, 0) is 63.1 Å². The highest BCUT2D eigenvalue weighted by Gasteiger charge is 2.34.